The zero-order valence-corrected chi connectivity index (χ0v) is 18.1. The van der Waals surface area contributed by atoms with Crippen LogP contribution in [0.4, 0.5) is 0 Å². The zero-order chi connectivity index (χ0) is 21.5. The maximum atomic E-state index is 12.5. The average Bonchev–Trinajstić information content (AvgIpc) is 2.80. The Bertz CT molecular complexity index is 987. The molecule has 0 spiro atoms. The van der Waals surface area contributed by atoms with Crippen LogP contribution in [-0.2, 0) is 17.9 Å². The summed E-state index contributed by atoms with van der Waals surface area (Å²) in [6.07, 6.45) is 5.27. The van der Waals surface area contributed by atoms with E-state index in [1.807, 2.05) is 48.5 Å². The third-order valence-electron chi connectivity index (χ3n) is 5.50. The number of ether oxygens (including phenoxy) is 1. The van der Waals surface area contributed by atoms with E-state index in [0.717, 1.165) is 49.5 Å². The number of nitrogens with one attached hydrogen (secondary N) is 1. The first-order chi connectivity index (χ1) is 15.2. The molecule has 2 heterocycles. The van der Waals surface area contributed by atoms with Crippen LogP contribution in [0.2, 0.25) is 5.02 Å². The van der Waals surface area contributed by atoms with Gasteiger partial charge in [-0.25, -0.2) is 0 Å². The smallest absolute Gasteiger partial charge is 0.223 e. The van der Waals surface area contributed by atoms with Crippen molar-refractivity contribution in [3.05, 3.63) is 89.2 Å². The van der Waals surface area contributed by atoms with E-state index >= 15 is 0 Å². The van der Waals surface area contributed by atoms with Crippen LogP contribution in [0.5, 0.6) is 11.5 Å². The molecule has 0 saturated carbocycles. The largest absolute Gasteiger partial charge is 0.457 e. The minimum Gasteiger partial charge on any atom is -0.457 e. The Hall–Kier alpha value is -2.89. The van der Waals surface area contributed by atoms with Gasteiger partial charge in [-0.05, 0) is 79.5 Å². The lowest BCUT2D eigenvalue weighted by Crippen LogP contribution is -2.40. The Labute approximate surface area is 188 Å². The summed E-state index contributed by atoms with van der Waals surface area (Å²) in [5.74, 6) is 1.79. The molecule has 2 aromatic carbocycles. The predicted molar refractivity (Wildman–Crippen MR) is 122 cm³/mol. The number of aromatic nitrogens is 1. The van der Waals surface area contributed by atoms with Gasteiger partial charge in [0.1, 0.15) is 11.5 Å². The van der Waals surface area contributed by atoms with Crippen LogP contribution in [0.15, 0.2) is 73.1 Å². The molecule has 0 radical (unpaired) electrons. The first-order valence-corrected chi connectivity index (χ1v) is 10.9. The number of benzene rings is 2. The van der Waals surface area contributed by atoms with Gasteiger partial charge in [0.25, 0.3) is 0 Å². The summed E-state index contributed by atoms with van der Waals surface area (Å²) in [5.41, 5.74) is 2.22. The number of carbonyl (C=O) groups excluding carboxylic acids is 1. The first-order valence-electron chi connectivity index (χ1n) is 10.6. The number of hydrogen-bond donors (Lipinski definition) is 1. The van der Waals surface area contributed by atoms with Crippen molar-refractivity contribution in [2.24, 2.45) is 5.92 Å². The lowest BCUT2D eigenvalue weighted by molar-refractivity contribution is -0.126. The number of halogens is 1. The third-order valence-corrected chi connectivity index (χ3v) is 5.75. The molecule has 0 unspecified atom stereocenters. The Kier molecular flexibility index (Phi) is 7.18. The van der Waals surface area contributed by atoms with Crippen LogP contribution in [0.1, 0.15) is 24.0 Å². The average molecular weight is 436 g/mol. The Balaban J connectivity index is 1.25. The summed E-state index contributed by atoms with van der Waals surface area (Å²) in [6, 6.07) is 19.4. The lowest BCUT2D eigenvalue weighted by atomic mass is 9.95. The molecule has 1 aromatic heterocycles. The molecule has 1 saturated heterocycles. The molecule has 0 aliphatic carbocycles. The monoisotopic (exact) mass is 435 g/mol. The summed E-state index contributed by atoms with van der Waals surface area (Å²) in [6.45, 7) is 3.20. The fraction of sp³-hybridized carbons (Fsp3) is 0.280. The number of amides is 1. The van der Waals surface area contributed by atoms with Crippen LogP contribution in [0.3, 0.4) is 0 Å². The highest BCUT2D eigenvalue weighted by Crippen LogP contribution is 2.25. The third kappa shape index (κ3) is 6.29. The van der Waals surface area contributed by atoms with Crippen molar-refractivity contribution < 1.29 is 9.53 Å². The summed E-state index contributed by atoms with van der Waals surface area (Å²) in [5, 5.41) is 3.74. The fourth-order valence-electron chi connectivity index (χ4n) is 3.79. The van der Waals surface area contributed by atoms with Gasteiger partial charge in [-0.1, -0.05) is 29.8 Å². The highest BCUT2D eigenvalue weighted by Gasteiger charge is 2.24. The number of nitrogens with zero attached hydrogens (tertiary/aromatic N) is 2. The van der Waals surface area contributed by atoms with Gasteiger partial charge in [0.05, 0.1) is 0 Å². The number of carbonyl (C=O) groups is 1. The van der Waals surface area contributed by atoms with Crippen molar-refractivity contribution in [2.45, 2.75) is 25.9 Å². The van der Waals surface area contributed by atoms with Crippen molar-refractivity contribution in [3.63, 3.8) is 0 Å². The summed E-state index contributed by atoms with van der Waals surface area (Å²) < 4.78 is 5.94. The summed E-state index contributed by atoms with van der Waals surface area (Å²) in [4.78, 5) is 19.0. The minimum absolute atomic E-state index is 0.0764. The van der Waals surface area contributed by atoms with Gasteiger partial charge in [-0.15, -0.1) is 0 Å². The molecule has 6 heteroatoms. The van der Waals surface area contributed by atoms with E-state index in [9.17, 15) is 4.79 Å². The highest BCUT2D eigenvalue weighted by atomic mass is 35.5. The Morgan fingerprint density at radius 1 is 1.03 bits per heavy atom. The van der Waals surface area contributed by atoms with Gasteiger partial charge < -0.3 is 10.1 Å². The van der Waals surface area contributed by atoms with E-state index in [1.54, 1.807) is 12.4 Å². The predicted octanol–water partition coefficient (Wildman–Crippen LogP) is 5.06. The maximum Gasteiger partial charge on any atom is 0.223 e. The molecule has 1 N–H and O–H groups in total. The summed E-state index contributed by atoms with van der Waals surface area (Å²) in [7, 11) is 0. The molecule has 0 atom stereocenters. The number of pyridine rings is 1. The van der Waals surface area contributed by atoms with Crippen LogP contribution >= 0.6 is 11.6 Å². The number of rotatable bonds is 7. The second-order valence-electron chi connectivity index (χ2n) is 7.83. The molecule has 1 amide bonds. The van der Waals surface area contributed by atoms with E-state index in [0.29, 0.717) is 11.6 Å². The maximum absolute atomic E-state index is 12.5. The quantitative estimate of drug-likeness (QED) is 0.563. The highest BCUT2D eigenvalue weighted by molar-refractivity contribution is 6.30. The van der Waals surface area contributed by atoms with Crippen LogP contribution in [0, 0.1) is 5.92 Å². The molecule has 1 aliphatic heterocycles. The molecule has 5 nitrogen and oxygen atoms in total. The van der Waals surface area contributed by atoms with Gasteiger partial charge in [0.15, 0.2) is 0 Å². The van der Waals surface area contributed by atoms with Crippen molar-refractivity contribution >= 4 is 17.5 Å². The molecule has 3 aromatic rings. The first kappa shape index (κ1) is 21.3. The lowest BCUT2D eigenvalue weighted by Gasteiger charge is -2.31. The Morgan fingerprint density at radius 2 is 1.81 bits per heavy atom. The molecular weight excluding hydrogens is 410 g/mol. The molecule has 1 aliphatic rings. The molecule has 160 valence electrons. The summed E-state index contributed by atoms with van der Waals surface area (Å²) >= 11 is 5.94. The number of piperidine rings is 1. The SMILES string of the molecule is O=C(NCc1cccnc1)C1CCN(Cc2cccc(Oc3ccc(Cl)cc3)c2)CC1. The number of hydrogen-bond acceptors (Lipinski definition) is 4. The van der Waals surface area contributed by atoms with Crippen molar-refractivity contribution in [1.82, 2.24) is 15.2 Å². The van der Waals surface area contributed by atoms with Crippen molar-refractivity contribution in [2.75, 3.05) is 13.1 Å². The van der Waals surface area contributed by atoms with Gasteiger partial charge in [-0.2, -0.15) is 0 Å². The Morgan fingerprint density at radius 3 is 2.55 bits per heavy atom. The molecule has 4 rings (SSSR count). The molecule has 0 bridgehead atoms. The minimum atomic E-state index is 0.0764. The zero-order valence-electron chi connectivity index (χ0n) is 17.3. The number of likely N-dealkylation sites (tertiary alicyclic amines) is 1. The fourth-order valence-corrected chi connectivity index (χ4v) is 3.92. The van der Waals surface area contributed by atoms with E-state index in [4.69, 9.17) is 16.3 Å². The second kappa shape index (κ2) is 10.4. The van der Waals surface area contributed by atoms with E-state index in [2.05, 4.69) is 27.3 Å². The normalized spacial score (nSPS) is 14.9. The van der Waals surface area contributed by atoms with E-state index in [1.165, 1.54) is 5.56 Å². The van der Waals surface area contributed by atoms with E-state index < -0.39 is 0 Å². The van der Waals surface area contributed by atoms with Gasteiger partial charge in [-0.3, -0.25) is 14.7 Å². The molecule has 1 fully saturated rings. The molecule has 31 heavy (non-hydrogen) atoms. The van der Waals surface area contributed by atoms with Crippen molar-refractivity contribution in [3.8, 4) is 11.5 Å². The molecular formula is C25H26ClN3O2. The topological polar surface area (TPSA) is 54.5 Å². The van der Waals surface area contributed by atoms with Gasteiger partial charge >= 0.3 is 0 Å². The van der Waals surface area contributed by atoms with Gasteiger partial charge in [0.2, 0.25) is 5.91 Å². The van der Waals surface area contributed by atoms with Gasteiger partial charge in [0, 0.05) is 36.4 Å². The standard InChI is InChI=1S/C25H26ClN3O2/c26-22-6-8-23(9-7-22)31-24-5-1-3-19(15-24)18-29-13-10-21(11-14-29)25(30)28-17-20-4-2-12-27-16-20/h1-9,12,15-16,21H,10-11,13-14,17-18H2,(H,28,30). The van der Waals surface area contributed by atoms with Crippen molar-refractivity contribution in [1.29, 1.82) is 0 Å². The van der Waals surface area contributed by atoms with Crippen LogP contribution < -0.4 is 10.1 Å². The second-order valence-corrected chi connectivity index (χ2v) is 8.27. The van der Waals surface area contributed by atoms with Crippen LogP contribution in [0.25, 0.3) is 0 Å². The van der Waals surface area contributed by atoms with E-state index in [-0.39, 0.29) is 11.8 Å². The van der Waals surface area contributed by atoms with Crippen LogP contribution in [-0.4, -0.2) is 28.9 Å².